The van der Waals surface area contributed by atoms with Crippen LogP contribution in [0.1, 0.15) is 12.8 Å². The lowest BCUT2D eigenvalue weighted by Gasteiger charge is -2.30. The second-order valence-corrected chi connectivity index (χ2v) is 8.83. The summed E-state index contributed by atoms with van der Waals surface area (Å²) in [5.74, 6) is 0.872. The maximum absolute atomic E-state index is 12.8. The van der Waals surface area contributed by atoms with E-state index in [4.69, 9.17) is 14.2 Å². The molecule has 9 heteroatoms. The fourth-order valence-corrected chi connectivity index (χ4v) is 4.99. The van der Waals surface area contributed by atoms with Crippen LogP contribution in [0.3, 0.4) is 0 Å². The summed E-state index contributed by atoms with van der Waals surface area (Å²) in [5, 5.41) is 2.88. The first-order chi connectivity index (χ1) is 14.4. The number of nitrogens with zero attached hydrogens (tertiary/aromatic N) is 1. The van der Waals surface area contributed by atoms with Crippen molar-refractivity contribution < 1.29 is 27.4 Å². The number of hydrogen-bond acceptors (Lipinski definition) is 6. The molecule has 0 aliphatic carbocycles. The van der Waals surface area contributed by atoms with Gasteiger partial charge in [-0.3, -0.25) is 4.79 Å². The molecular formula is C21H26N2O6S. The van der Waals surface area contributed by atoms with E-state index >= 15 is 0 Å². The summed E-state index contributed by atoms with van der Waals surface area (Å²) in [6.07, 6.45) is 0.893. The molecule has 1 saturated heterocycles. The van der Waals surface area contributed by atoms with E-state index < -0.39 is 10.0 Å². The number of rotatable bonds is 7. The highest BCUT2D eigenvalue weighted by atomic mass is 32.2. The molecule has 0 radical (unpaired) electrons. The molecule has 0 bridgehead atoms. The third kappa shape index (κ3) is 4.52. The minimum Gasteiger partial charge on any atom is -0.493 e. The van der Waals surface area contributed by atoms with Crippen LogP contribution >= 0.6 is 0 Å². The number of amides is 1. The number of nitrogens with one attached hydrogen (secondary N) is 1. The Labute approximate surface area is 176 Å². The SMILES string of the molecule is COc1cc(NC(=O)C2CCN(S(=O)(=O)c3ccccc3)CC2)cc(OC)c1OC. The smallest absolute Gasteiger partial charge is 0.243 e. The van der Waals surface area contributed by atoms with Gasteiger partial charge in [0, 0.05) is 36.8 Å². The average Bonchev–Trinajstić information content (AvgIpc) is 2.78. The Bertz CT molecular complexity index is 961. The van der Waals surface area contributed by atoms with Gasteiger partial charge < -0.3 is 19.5 Å². The van der Waals surface area contributed by atoms with Crippen molar-refractivity contribution >= 4 is 21.6 Å². The molecule has 2 aromatic carbocycles. The minimum absolute atomic E-state index is 0.166. The van der Waals surface area contributed by atoms with Crippen LogP contribution in [-0.2, 0) is 14.8 Å². The normalized spacial score (nSPS) is 15.4. The molecule has 1 fully saturated rings. The third-order valence-corrected chi connectivity index (χ3v) is 7.05. The number of sulfonamides is 1. The van der Waals surface area contributed by atoms with Crippen LogP contribution in [0.2, 0.25) is 0 Å². The lowest BCUT2D eigenvalue weighted by Crippen LogP contribution is -2.41. The van der Waals surface area contributed by atoms with Crippen LogP contribution < -0.4 is 19.5 Å². The van der Waals surface area contributed by atoms with Gasteiger partial charge in [0.25, 0.3) is 0 Å². The van der Waals surface area contributed by atoms with Crippen molar-refractivity contribution in [2.24, 2.45) is 5.92 Å². The molecule has 1 aliphatic rings. The number of ether oxygens (including phenoxy) is 3. The number of hydrogen-bond donors (Lipinski definition) is 1. The lowest BCUT2D eigenvalue weighted by atomic mass is 9.97. The van der Waals surface area contributed by atoms with Gasteiger partial charge in [-0.1, -0.05) is 18.2 Å². The molecule has 1 heterocycles. The van der Waals surface area contributed by atoms with Crippen molar-refractivity contribution in [3.8, 4) is 17.2 Å². The van der Waals surface area contributed by atoms with Gasteiger partial charge in [-0.15, -0.1) is 0 Å². The highest BCUT2D eigenvalue weighted by molar-refractivity contribution is 7.89. The minimum atomic E-state index is -3.54. The second kappa shape index (κ2) is 9.36. The van der Waals surface area contributed by atoms with Gasteiger partial charge in [0.15, 0.2) is 11.5 Å². The first-order valence-corrected chi connectivity index (χ1v) is 11.0. The topological polar surface area (TPSA) is 94.2 Å². The first kappa shape index (κ1) is 21.9. The number of piperidine rings is 1. The fraction of sp³-hybridized carbons (Fsp3) is 0.381. The van der Waals surface area contributed by atoms with E-state index in [1.807, 2.05) is 0 Å². The number of carbonyl (C=O) groups excluding carboxylic acids is 1. The maximum Gasteiger partial charge on any atom is 0.243 e. The summed E-state index contributed by atoms with van der Waals surface area (Å²) in [5.41, 5.74) is 0.522. The quantitative estimate of drug-likeness (QED) is 0.720. The monoisotopic (exact) mass is 434 g/mol. The van der Waals surface area contributed by atoms with E-state index in [2.05, 4.69) is 5.32 Å². The van der Waals surface area contributed by atoms with E-state index in [1.54, 1.807) is 42.5 Å². The van der Waals surface area contributed by atoms with Crippen molar-refractivity contribution in [3.05, 3.63) is 42.5 Å². The van der Waals surface area contributed by atoms with Gasteiger partial charge >= 0.3 is 0 Å². The Balaban J connectivity index is 1.66. The van der Waals surface area contributed by atoms with Gasteiger partial charge in [0.05, 0.1) is 26.2 Å². The Hall–Kier alpha value is -2.78. The third-order valence-electron chi connectivity index (χ3n) is 5.14. The molecule has 0 unspecified atom stereocenters. The van der Waals surface area contributed by atoms with Crippen LogP contribution in [0.4, 0.5) is 5.69 Å². The average molecular weight is 435 g/mol. The zero-order valence-electron chi connectivity index (χ0n) is 17.3. The molecule has 30 heavy (non-hydrogen) atoms. The van der Waals surface area contributed by atoms with Crippen LogP contribution in [0.5, 0.6) is 17.2 Å². The molecule has 0 spiro atoms. The zero-order chi connectivity index (χ0) is 21.7. The molecule has 1 amide bonds. The van der Waals surface area contributed by atoms with E-state index in [9.17, 15) is 13.2 Å². The molecule has 1 aliphatic heterocycles. The molecule has 2 aromatic rings. The maximum atomic E-state index is 12.8. The summed E-state index contributed by atoms with van der Waals surface area (Å²) < 4.78 is 42.8. The Morgan fingerprint density at radius 2 is 1.53 bits per heavy atom. The predicted octanol–water partition coefficient (Wildman–Crippen LogP) is 2.75. The van der Waals surface area contributed by atoms with Crippen molar-refractivity contribution in [3.63, 3.8) is 0 Å². The molecule has 0 saturated carbocycles. The molecule has 0 atom stereocenters. The summed E-state index contributed by atoms with van der Waals surface area (Å²) in [7, 11) is 0.980. The summed E-state index contributed by atoms with van der Waals surface area (Å²) in [4.78, 5) is 13.0. The standard InChI is InChI=1S/C21H26N2O6S/c1-27-18-13-16(14-19(28-2)20(18)29-3)22-21(24)15-9-11-23(12-10-15)30(25,26)17-7-5-4-6-8-17/h4-8,13-15H,9-12H2,1-3H3,(H,22,24). The molecule has 0 aromatic heterocycles. The van der Waals surface area contributed by atoms with E-state index in [0.717, 1.165) is 0 Å². The Morgan fingerprint density at radius 1 is 0.967 bits per heavy atom. The molecular weight excluding hydrogens is 408 g/mol. The predicted molar refractivity (Wildman–Crippen MR) is 113 cm³/mol. The lowest BCUT2D eigenvalue weighted by molar-refractivity contribution is -0.120. The number of benzene rings is 2. The summed E-state index contributed by atoms with van der Waals surface area (Å²) in [6.45, 7) is 0.592. The van der Waals surface area contributed by atoms with Crippen LogP contribution in [-0.4, -0.2) is 53.0 Å². The van der Waals surface area contributed by atoms with E-state index in [0.29, 0.717) is 48.9 Å². The molecule has 1 N–H and O–H groups in total. The summed E-state index contributed by atoms with van der Waals surface area (Å²) >= 11 is 0. The van der Waals surface area contributed by atoms with E-state index in [1.165, 1.54) is 25.6 Å². The van der Waals surface area contributed by atoms with Crippen molar-refractivity contribution in [1.82, 2.24) is 4.31 Å². The Kier molecular flexibility index (Phi) is 6.84. The number of anilines is 1. The fourth-order valence-electron chi connectivity index (χ4n) is 3.50. The molecule has 3 rings (SSSR count). The van der Waals surface area contributed by atoms with Crippen LogP contribution in [0, 0.1) is 5.92 Å². The number of methoxy groups -OCH3 is 3. The van der Waals surface area contributed by atoms with Gasteiger partial charge in [0.2, 0.25) is 21.7 Å². The largest absolute Gasteiger partial charge is 0.493 e. The van der Waals surface area contributed by atoms with Gasteiger partial charge in [0.1, 0.15) is 0 Å². The van der Waals surface area contributed by atoms with Crippen LogP contribution in [0.15, 0.2) is 47.4 Å². The van der Waals surface area contributed by atoms with E-state index in [-0.39, 0.29) is 16.7 Å². The highest BCUT2D eigenvalue weighted by Crippen LogP contribution is 2.40. The van der Waals surface area contributed by atoms with Crippen LogP contribution in [0.25, 0.3) is 0 Å². The number of carbonyl (C=O) groups is 1. The van der Waals surface area contributed by atoms with Crippen molar-refractivity contribution in [2.45, 2.75) is 17.7 Å². The van der Waals surface area contributed by atoms with Gasteiger partial charge in [-0.05, 0) is 25.0 Å². The van der Waals surface area contributed by atoms with Gasteiger partial charge in [-0.25, -0.2) is 8.42 Å². The Morgan fingerprint density at radius 3 is 2.03 bits per heavy atom. The zero-order valence-corrected chi connectivity index (χ0v) is 18.1. The van der Waals surface area contributed by atoms with Crippen molar-refractivity contribution in [2.75, 3.05) is 39.7 Å². The highest BCUT2D eigenvalue weighted by Gasteiger charge is 2.32. The molecule has 8 nitrogen and oxygen atoms in total. The second-order valence-electron chi connectivity index (χ2n) is 6.89. The molecule has 162 valence electrons. The first-order valence-electron chi connectivity index (χ1n) is 9.56. The summed E-state index contributed by atoms with van der Waals surface area (Å²) in [6, 6.07) is 11.7. The van der Waals surface area contributed by atoms with Gasteiger partial charge in [-0.2, -0.15) is 4.31 Å². The van der Waals surface area contributed by atoms with Crippen molar-refractivity contribution in [1.29, 1.82) is 0 Å².